The van der Waals surface area contributed by atoms with Crippen LogP contribution in [0.15, 0.2) is 29.3 Å². The van der Waals surface area contributed by atoms with Gasteiger partial charge in [-0.3, -0.25) is 4.79 Å². The first kappa shape index (κ1) is 27.7. The number of piperidine rings is 1. The number of rotatable bonds is 10. The highest BCUT2D eigenvalue weighted by Crippen LogP contribution is 2.18. The predicted molar refractivity (Wildman–Crippen MR) is 139 cm³/mol. The second-order valence-electron chi connectivity index (χ2n) is 8.32. The van der Waals surface area contributed by atoms with Crippen LogP contribution in [-0.4, -0.2) is 53.7 Å². The van der Waals surface area contributed by atoms with Crippen molar-refractivity contribution >= 4 is 35.8 Å². The Morgan fingerprint density at radius 2 is 1.65 bits per heavy atom. The largest absolute Gasteiger partial charge is 0.388 e. The first-order valence-corrected chi connectivity index (χ1v) is 11.6. The van der Waals surface area contributed by atoms with Gasteiger partial charge in [0.05, 0.1) is 12.1 Å². The number of carbonyl (C=O) groups is 1. The van der Waals surface area contributed by atoms with E-state index < -0.39 is 5.60 Å². The number of guanidine groups is 1. The molecule has 1 heterocycles. The Morgan fingerprint density at radius 3 is 2.19 bits per heavy atom. The van der Waals surface area contributed by atoms with Crippen LogP contribution in [0.4, 0.5) is 0 Å². The van der Waals surface area contributed by atoms with E-state index in [1.165, 1.54) is 6.42 Å². The van der Waals surface area contributed by atoms with Gasteiger partial charge in [-0.1, -0.05) is 38.8 Å². The van der Waals surface area contributed by atoms with Crippen LogP contribution in [-0.2, 0) is 6.54 Å². The zero-order valence-corrected chi connectivity index (χ0v) is 21.8. The summed E-state index contributed by atoms with van der Waals surface area (Å²) in [5.74, 6) is 0.836. The van der Waals surface area contributed by atoms with Crippen molar-refractivity contribution in [3.8, 4) is 0 Å². The van der Waals surface area contributed by atoms with Crippen LogP contribution in [0.5, 0.6) is 0 Å². The second-order valence-corrected chi connectivity index (χ2v) is 8.32. The summed E-state index contributed by atoms with van der Waals surface area (Å²) in [6, 6.07) is 7.77. The van der Waals surface area contributed by atoms with Crippen molar-refractivity contribution in [3.63, 3.8) is 0 Å². The van der Waals surface area contributed by atoms with Gasteiger partial charge in [0.25, 0.3) is 5.91 Å². The number of hydrogen-bond acceptors (Lipinski definition) is 3. The van der Waals surface area contributed by atoms with E-state index in [2.05, 4.69) is 29.5 Å². The summed E-state index contributed by atoms with van der Waals surface area (Å²) in [4.78, 5) is 19.2. The number of carbonyl (C=O) groups excluding carboxylic acids is 1. The summed E-state index contributed by atoms with van der Waals surface area (Å²) in [5, 5.41) is 17.4. The molecule has 0 saturated carbocycles. The second kappa shape index (κ2) is 14.7. The quantitative estimate of drug-likeness (QED) is 0.233. The van der Waals surface area contributed by atoms with Gasteiger partial charge in [-0.2, -0.15) is 0 Å². The molecule has 1 aromatic carbocycles. The van der Waals surface area contributed by atoms with Crippen molar-refractivity contribution in [2.24, 2.45) is 4.99 Å². The smallest absolute Gasteiger partial charge is 0.253 e. The maximum absolute atomic E-state index is 12.6. The highest BCUT2D eigenvalue weighted by atomic mass is 127. The SMILES string of the molecule is CCCC(O)(CCC)CNC(=NCc1ccc(C(=O)N2CCCCC2)cc1)NCC.I. The number of benzene rings is 1. The molecule has 0 aliphatic carbocycles. The van der Waals surface area contributed by atoms with E-state index in [1.807, 2.05) is 36.1 Å². The highest BCUT2D eigenvalue weighted by molar-refractivity contribution is 14.0. The van der Waals surface area contributed by atoms with Gasteiger partial charge >= 0.3 is 0 Å². The van der Waals surface area contributed by atoms with Gasteiger partial charge in [-0.25, -0.2) is 4.99 Å². The Labute approximate surface area is 205 Å². The summed E-state index contributed by atoms with van der Waals surface area (Å²) in [7, 11) is 0. The van der Waals surface area contributed by atoms with Crippen LogP contribution >= 0.6 is 24.0 Å². The average Bonchev–Trinajstić information content (AvgIpc) is 2.76. The van der Waals surface area contributed by atoms with Crippen molar-refractivity contribution in [1.82, 2.24) is 15.5 Å². The summed E-state index contributed by atoms with van der Waals surface area (Å²) in [6.45, 7) is 9.73. The van der Waals surface area contributed by atoms with E-state index in [1.54, 1.807) is 0 Å². The van der Waals surface area contributed by atoms with Gasteiger partial charge in [0.2, 0.25) is 0 Å². The molecule has 6 nitrogen and oxygen atoms in total. The number of aliphatic imine (C=N–C) groups is 1. The number of hydrogen-bond donors (Lipinski definition) is 3. The predicted octanol–water partition coefficient (Wildman–Crippen LogP) is 4.32. The molecule has 1 aliphatic rings. The maximum atomic E-state index is 12.6. The van der Waals surface area contributed by atoms with Crippen molar-refractivity contribution < 1.29 is 9.90 Å². The number of halogens is 1. The molecule has 3 N–H and O–H groups in total. The molecule has 1 fully saturated rings. The van der Waals surface area contributed by atoms with Gasteiger partial charge in [0.15, 0.2) is 5.96 Å². The average molecular weight is 545 g/mol. The Morgan fingerprint density at radius 1 is 1.03 bits per heavy atom. The van der Waals surface area contributed by atoms with E-state index in [0.29, 0.717) is 19.0 Å². The van der Waals surface area contributed by atoms with Gasteiger partial charge in [-0.15, -0.1) is 24.0 Å². The summed E-state index contributed by atoms with van der Waals surface area (Å²) >= 11 is 0. The minimum absolute atomic E-state index is 0. The fourth-order valence-corrected chi connectivity index (χ4v) is 4.03. The highest BCUT2D eigenvalue weighted by Gasteiger charge is 2.25. The monoisotopic (exact) mass is 544 g/mol. The molecule has 1 saturated heterocycles. The molecule has 1 aromatic rings. The number of nitrogens with one attached hydrogen (secondary N) is 2. The molecule has 0 atom stereocenters. The number of nitrogens with zero attached hydrogens (tertiary/aromatic N) is 2. The first-order chi connectivity index (χ1) is 14.5. The Kier molecular flexibility index (Phi) is 13.1. The summed E-state index contributed by atoms with van der Waals surface area (Å²) in [5.41, 5.74) is 1.11. The van der Waals surface area contributed by atoms with Gasteiger partial charge < -0.3 is 20.6 Å². The third-order valence-corrected chi connectivity index (χ3v) is 5.62. The van der Waals surface area contributed by atoms with Crippen molar-refractivity contribution in [2.45, 2.75) is 77.9 Å². The zero-order chi connectivity index (χ0) is 21.8. The molecular formula is C24H41IN4O2. The molecule has 0 unspecified atom stereocenters. The third-order valence-electron chi connectivity index (χ3n) is 5.62. The van der Waals surface area contributed by atoms with Crippen molar-refractivity contribution in [2.75, 3.05) is 26.2 Å². The lowest BCUT2D eigenvalue weighted by Gasteiger charge is -2.28. The minimum Gasteiger partial charge on any atom is -0.388 e. The standard InChI is InChI=1S/C24H40N4O2.HI/c1-4-14-24(30,15-5-2)19-27-23(25-6-3)26-18-20-10-12-21(13-11-20)22(29)28-16-8-7-9-17-28;/h10-13,30H,4-9,14-19H2,1-3H3,(H2,25,26,27);1H. The number of amides is 1. The van der Waals surface area contributed by atoms with Crippen LogP contribution < -0.4 is 10.6 Å². The molecule has 0 bridgehead atoms. The van der Waals surface area contributed by atoms with Crippen molar-refractivity contribution in [1.29, 1.82) is 0 Å². The molecule has 31 heavy (non-hydrogen) atoms. The molecule has 1 amide bonds. The van der Waals surface area contributed by atoms with E-state index in [-0.39, 0.29) is 29.9 Å². The van der Waals surface area contributed by atoms with Crippen LogP contribution in [0.1, 0.15) is 81.6 Å². The molecule has 7 heteroatoms. The molecule has 0 aromatic heterocycles. The van der Waals surface area contributed by atoms with Gasteiger partial charge in [0.1, 0.15) is 0 Å². The fraction of sp³-hybridized carbons (Fsp3) is 0.667. The summed E-state index contributed by atoms with van der Waals surface area (Å²) in [6.07, 6.45) is 6.88. The van der Waals surface area contributed by atoms with Crippen LogP contribution in [0.3, 0.4) is 0 Å². The van der Waals surface area contributed by atoms with E-state index in [0.717, 1.165) is 69.3 Å². The van der Waals surface area contributed by atoms with E-state index >= 15 is 0 Å². The van der Waals surface area contributed by atoms with Crippen LogP contribution in [0.25, 0.3) is 0 Å². The van der Waals surface area contributed by atoms with E-state index in [4.69, 9.17) is 0 Å². The summed E-state index contributed by atoms with van der Waals surface area (Å²) < 4.78 is 0. The molecule has 0 spiro atoms. The number of likely N-dealkylation sites (tertiary alicyclic amines) is 1. The lowest BCUT2D eigenvalue weighted by atomic mass is 9.93. The van der Waals surface area contributed by atoms with Crippen LogP contribution in [0.2, 0.25) is 0 Å². The molecule has 1 aliphatic heterocycles. The number of aliphatic hydroxyl groups is 1. The minimum atomic E-state index is -0.698. The molecule has 0 radical (unpaired) electrons. The zero-order valence-electron chi connectivity index (χ0n) is 19.5. The Bertz CT molecular complexity index is 667. The van der Waals surface area contributed by atoms with Gasteiger partial charge in [0, 0.05) is 31.7 Å². The fourth-order valence-electron chi connectivity index (χ4n) is 4.03. The lowest BCUT2D eigenvalue weighted by Crippen LogP contribution is -2.47. The van der Waals surface area contributed by atoms with E-state index in [9.17, 15) is 9.90 Å². The molecule has 176 valence electrons. The Balaban J connectivity index is 0.00000480. The lowest BCUT2D eigenvalue weighted by molar-refractivity contribution is 0.0257. The van der Waals surface area contributed by atoms with Crippen LogP contribution in [0, 0.1) is 0 Å². The third kappa shape index (κ3) is 9.35. The molecular weight excluding hydrogens is 503 g/mol. The Hall–Kier alpha value is -1.35. The first-order valence-electron chi connectivity index (χ1n) is 11.6. The normalized spacial score (nSPS) is 14.7. The topological polar surface area (TPSA) is 77.0 Å². The van der Waals surface area contributed by atoms with Crippen molar-refractivity contribution in [3.05, 3.63) is 35.4 Å². The maximum Gasteiger partial charge on any atom is 0.253 e. The van der Waals surface area contributed by atoms with Gasteiger partial charge in [-0.05, 0) is 56.7 Å². The molecule has 2 rings (SSSR count).